The van der Waals surface area contributed by atoms with Gasteiger partial charge in [0.2, 0.25) is 0 Å². The molecule has 0 aliphatic carbocycles. The number of ether oxygens (including phenoxy) is 2. The molecule has 0 N–H and O–H groups in total. The Balaban J connectivity index is 1.54. The fourth-order valence-corrected chi connectivity index (χ4v) is 2.51. The Morgan fingerprint density at radius 1 is 1.00 bits per heavy atom. The summed E-state index contributed by atoms with van der Waals surface area (Å²) in [5.74, 6) is 1.09. The van der Waals surface area contributed by atoms with E-state index >= 15 is 0 Å². The van der Waals surface area contributed by atoms with Gasteiger partial charge in [0.05, 0.1) is 25.8 Å². The van der Waals surface area contributed by atoms with Crippen molar-refractivity contribution in [3.05, 3.63) is 59.7 Å². The van der Waals surface area contributed by atoms with Gasteiger partial charge in [-0.1, -0.05) is 0 Å². The molecule has 0 aromatic heterocycles. The highest BCUT2D eigenvalue weighted by Crippen LogP contribution is 2.29. The second-order valence-corrected chi connectivity index (χ2v) is 5.70. The third-order valence-corrected chi connectivity index (χ3v) is 3.96. The maximum Gasteiger partial charge on any atom is 0.416 e. The Hall–Kier alpha value is -2.70. The molecule has 132 valence electrons. The van der Waals surface area contributed by atoms with E-state index in [0.717, 1.165) is 17.9 Å². The first-order chi connectivity index (χ1) is 11.9. The highest BCUT2D eigenvalue weighted by molar-refractivity contribution is 5.94. The van der Waals surface area contributed by atoms with Crippen LogP contribution in [0.2, 0.25) is 0 Å². The molecule has 4 nitrogen and oxygen atoms in total. The van der Waals surface area contributed by atoms with Gasteiger partial charge in [-0.2, -0.15) is 13.2 Å². The lowest BCUT2D eigenvalue weighted by Gasteiger charge is -2.39. The van der Waals surface area contributed by atoms with Crippen LogP contribution < -0.4 is 9.47 Å². The zero-order valence-corrected chi connectivity index (χ0v) is 13.4. The van der Waals surface area contributed by atoms with Gasteiger partial charge in [0, 0.05) is 5.56 Å². The number of rotatable bonds is 4. The quantitative estimate of drug-likeness (QED) is 0.845. The van der Waals surface area contributed by atoms with Crippen LogP contribution in [0.5, 0.6) is 11.5 Å². The minimum atomic E-state index is -4.41. The van der Waals surface area contributed by atoms with Crippen molar-refractivity contribution in [3.8, 4) is 11.5 Å². The number of hydrogen-bond donors (Lipinski definition) is 0. The molecule has 2 aromatic carbocycles. The number of nitrogens with zero attached hydrogens (tertiary/aromatic N) is 1. The molecule has 3 rings (SSSR count). The monoisotopic (exact) mass is 351 g/mol. The van der Waals surface area contributed by atoms with E-state index in [1.807, 2.05) is 0 Å². The van der Waals surface area contributed by atoms with E-state index in [4.69, 9.17) is 9.47 Å². The van der Waals surface area contributed by atoms with Gasteiger partial charge >= 0.3 is 6.18 Å². The second kappa shape index (κ2) is 6.66. The standard InChI is InChI=1S/C18H16F3NO3/c1-24-14-6-8-15(9-7-14)25-16-10-22(11-16)17(23)12-2-4-13(5-3-12)18(19,20)21/h2-9,16H,10-11H2,1H3. The maximum atomic E-state index is 12.5. The summed E-state index contributed by atoms with van der Waals surface area (Å²) in [6.45, 7) is 0.789. The summed E-state index contributed by atoms with van der Waals surface area (Å²) in [6.07, 6.45) is -4.54. The third kappa shape index (κ3) is 3.87. The Kier molecular flexibility index (Phi) is 4.57. The van der Waals surface area contributed by atoms with Crippen molar-refractivity contribution in [2.75, 3.05) is 20.2 Å². The molecule has 1 aliphatic heterocycles. The molecule has 25 heavy (non-hydrogen) atoms. The summed E-state index contributed by atoms with van der Waals surface area (Å²) >= 11 is 0. The van der Waals surface area contributed by atoms with Crippen LogP contribution in [0.4, 0.5) is 13.2 Å². The van der Waals surface area contributed by atoms with E-state index in [1.54, 1.807) is 31.4 Å². The van der Waals surface area contributed by atoms with Gasteiger partial charge in [-0.3, -0.25) is 4.79 Å². The van der Waals surface area contributed by atoms with Crippen molar-refractivity contribution in [1.29, 1.82) is 0 Å². The molecule has 7 heteroatoms. The molecule has 1 amide bonds. The molecule has 1 aliphatic rings. The minimum absolute atomic E-state index is 0.133. The zero-order valence-electron chi connectivity index (χ0n) is 13.4. The molecule has 0 spiro atoms. The van der Waals surface area contributed by atoms with E-state index in [-0.39, 0.29) is 17.6 Å². The van der Waals surface area contributed by atoms with Crippen LogP contribution in [0.1, 0.15) is 15.9 Å². The molecule has 1 saturated heterocycles. The molecule has 2 aromatic rings. The van der Waals surface area contributed by atoms with E-state index in [0.29, 0.717) is 18.8 Å². The van der Waals surface area contributed by atoms with Gasteiger partial charge in [0.1, 0.15) is 17.6 Å². The number of likely N-dealkylation sites (tertiary alicyclic amines) is 1. The Morgan fingerprint density at radius 2 is 1.56 bits per heavy atom. The summed E-state index contributed by atoms with van der Waals surface area (Å²) in [6, 6.07) is 11.3. The van der Waals surface area contributed by atoms with Crippen molar-refractivity contribution in [3.63, 3.8) is 0 Å². The van der Waals surface area contributed by atoms with Crippen LogP contribution in [0.3, 0.4) is 0 Å². The van der Waals surface area contributed by atoms with E-state index in [9.17, 15) is 18.0 Å². The van der Waals surface area contributed by atoms with Crippen LogP contribution >= 0.6 is 0 Å². The van der Waals surface area contributed by atoms with Gasteiger partial charge in [0.25, 0.3) is 5.91 Å². The summed E-state index contributed by atoms with van der Waals surface area (Å²) < 4.78 is 48.4. The molecule has 0 unspecified atom stereocenters. The fourth-order valence-electron chi connectivity index (χ4n) is 2.51. The van der Waals surface area contributed by atoms with Gasteiger partial charge < -0.3 is 14.4 Å². The Bertz CT molecular complexity index is 736. The molecular weight excluding hydrogens is 335 g/mol. The number of amides is 1. The number of methoxy groups -OCH3 is 1. The van der Waals surface area contributed by atoms with Gasteiger partial charge in [-0.15, -0.1) is 0 Å². The topological polar surface area (TPSA) is 38.8 Å². The average molecular weight is 351 g/mol. The molecule has 1 heterocycles. The predicted molar refractivity (Wildman–Crippen MR) is 84.8 cm³/mol. The lowest BCUT2D eigenvalue weighted by atomic mass is 10.1. The van der Waals surface area contributed by atoms with E-state index in [1.165, 1.54) is 17.0 Å². The highest BCUT2D eigenvalue weighted by atomic mass is 19.4. The first-order valence-electron chi connectivity index (χ1n) is 7.64. The van der Waals surface area contributed by atoms with Crippen LogP contribution in [0.25, 0.3) is 0 Å². The number of carbonyl (C=O) groups excluding carboxylic acids is 1. The Morgan fingerprint density at radius 3 is 2.08 bits per heavy atom. The van der Waals surface area contributed by atoms with Crippen molar-refractivity contribution >= 4 is 5.91 Å². The van der Waals surface area contributed by atoms with Crippen LogP contribution in [0.15, 0.2) is 48.5 Å². The highest BCUT2D eigenvalue weighted by Gasteiger charge is 2.34. The molecular formula is C18H16F3NO3. The molecule has 0 atom stereocenters. The lowest BCUT2D eigenvalue weighted by molar-refractivity contribution is -0.137. The molecule has 0 bridgehead atoms. The average Bonchev–Trinajstić information content (AvgIpc) is 2.57. The number of hydrogen-bond acceptors (Lipinski definition) is 3. The van der Waals surface area contributed by atoms with Crippen molar-refractivity contribution in [2.24, 2.45) is 0 Å². The summed E-state index contributed by atoms with van der Waals surface area (Å²) in [5.41, 5.74) is -0.538. The maximum absolute atomic E-state index is 12.5. The van der Waals surface area contributed by atoms with Crippen LogP contribution in [-0.2, 0) is 6.18 Å². The van der Waals surface area contributed by atoms with E-state index in [2.05, 4.69) is 0 Å². The normalized spacial score (nSPS) is 14.8. The largest absolute Gasteiger partial charge is 0.497 e. The SMILES string of the molecule is COc1ccc(OC2CN(C(=O)c3ccc(C(F)(F)F)cc3)C2)cc1. The van der Waals surface area contributed by atoms with Gasteiger partial charge in [0.15, 0.2) is 0 Å². The Labute approximate surface area is 142 Å². The van der Waals surface area contributed by atoms with Gasteiger partial charge in [-0.05, 0) is 48.5 Å². The van der Waals surface area contributed by atoms with Crippen LogP contribution in [-0.4, -0.2) is 37.1 Å². The third-order valence-electron chi connectivity index (χ3n) is 3.96. The zero-order chi connectivity index (χ0) is 18.0. The molecule has 1 fully saturated rings. The number of benzene rings is 2. The number of carbonyl (C=O) groups is 1. The lowest BCUT2D eigenvalue weighted by Crippen LogP contribution is -2.56. The second-order valence-electron chi connectivity index (χ2n) is 5.70. The van der Waals surface area contributed by atoms with Crippen LogP contribution in [0, 0.1) is 0 Å². The summed E-state index contributed by atoms with van der Waals surface area (Å²) in [5, 5.41) is 0. The minimum Gasteiger partial charge on any atom is -0.497 e. The smallest absolute Gasteiger partial charge is 0.416 e. The van der Waals surface area contributed by atoms with Crippen molar-refractivity contribution < 1.29 is 27.4 Å². The fraction of sp³-hybridized carbons (Fsp3) is 0.278. The molecule has 0 radical (unpaired) electrons. The van der Waals surface area contributed by atoms with Gasteiger partial charge in [-0.25, -0.2) is 0 Å². The first-order valence-corrected chi connectivity index (χ1v) is 7.64. The predicted octanol–water partition coefficient (Wildman–Crippen LogP) is 3.62. The summed E-state index contributed by atoms with van der Waals surface area (Å²) in [4.78, 5) is 13.8. The number of halogens is 3. The number of alkyl halides is 3. The molecule has 0 saturated carbocycles. The van der Waals surface area contributed by atoms with Crippen molar-refractivity contribution in [1.82, 2.24) is 4.90 Å². The van der Waals surface area contributed by atoms with E-state index < -0.39 is 11.7 Å². The first kappa shape index (κ1) is 17.1. The summed E-state index contributed by atoms with van der Waals surface area (Å²) in [7, 11) is 1.58. The van der Waals surface area contributed by atoms with Crippen molar-refractivity contribution in [2.45, 2.75) is 12.3 Å².